The van der Waals surface area contributed by atoms with Crippen LogP contribution in [0.1, 0.15) is 22.3 Å². The molecule has 0 saturated heterocycles. The summed E-state index contributed by atoms with van der Waals surface area (Å²) in [6.07, 6.45) is 0. The van der Waals surface area contributed by atoms with Crippen molar-refractivity contribution in [2.75, 3.05) is 4.90 Å². The lowest BCUT2D eigenvalue weighted by Crippen LogP contribution is -2.29. The van der Waals surface area contributed by atoms with Gasteiger partial charge in [-0.2, -0.15) is 0 Å². The zero-order valence-corrected chi connectivity index (χ0v) is 34.6. The van der Waals surface area contributed by atoms with Crippen molar-refractivity contribution in [3.8, 4) is 44.5 Å². The second-order valence-electron chi connectivity index (χ2n) is 17.1. The van der Waals surface area contributed by atoms with E-state index in [0.29, 0.717) is 0 Å². The van der Waals surface area contributed by atoms with Gasteiger partial charge in [0.25, 0.3) is 0 Å². The Morgan fingerprint density at radius 1 is 0.297 bits per heavy atom. The fourth-order valence-corrected chi connectivity index (χ4v) is 11.2. The Hall–Kier alpha value is -8.40. The third kappa shape index (κ3) is 4.81. The van der Waals surface area contributed by atoms with Gasteiger partial charge in [0.1, 0.15) is 22.3 Å². The summed E-state index contributed by atoms with van der Waals surface area (Å²) >= 11 is 0. The second kappa shape index (κ2) is 13.3. The highest BCUT2D eigenvalue weighted by Gasteiger charge is 2.50. The molecule has 1 spiro atoms. The maximum absolute atomic E-state index is 6.58. The first-order valence-electron chi connectivity index (χ1n) is 22.0. The number of anilines is 3. The Labute approximate surface area is 369 Å². The maximum Gasteiger partial charge on any atom is 0.137 e. The van der Waals surface area contributed by atoms with Crippen LogP contribution in [0, 0.1) is 0 Å². The number of rotatable bonds is 4. The largest absolute Gasteiger partial charge is 0.456 e. The highest BCUT2D eigenvalue weighted by atomic mass is 16.3. The van der Waals surface area contributed by atoms with E-state index < -0.39 is 5.41 Å². The predicted octanol–water partition coefficient (Wildman–Crippen LogP) is 16.6. The molecular formula is C61H37NO2. The number of furan rings is 2. The number of benzene rings is 10. The molecule has 3 heteroatoms. The van der Waals surface area contributed by atoms with Crippen LogP contribution in [0.15, 0.2) is 233 Å². The van der Waals surface area contributed by atoms with Gasteiger partial charge < -0.3 is 13.7 Å². The highest BCUT2D eigenvalue weighted by molar-refractivity contribution is 6.14. The van der Waals surface area contributed by atoms with Gasteiger partial charge in [-0.3, -0.25) is 0 Å². The third-order valence-corrected chi connectivity index (χ3v) is 13.9. The lowest BCUT2D eigenvalue weighted by molar-refractivity contribution is 0.668. The van der Waals surface area contributed by atoms with Crippen LogP contribution in [0.4, 0.5) is 17.1 Å². The average molecular weight is 816 g/mol. The number of hydrogen-bond donors (Lipinski definition) is 0. The number of hydrogen-bond acceptors (Lipinski definition) is 3. The molecular weight excluding hydrogens is 779 g/mol. The van der Waals surface area contributed by atoms with Crippen LogP contribution < -0.4 is 4.90 Å². The van der Waals surface area contributed by atoms with Gasteiger partial charge in [-0.1, -0.05) is 164 Å². The molecule has 0 N–H and O–H groups in total. The lowest BCUT2D eigenvalue weighted by atomic mass is 9.65. The van der Waals surface area contributed by atoms with Crippen molar-refractivity contribution in [2.24, 2.45) is 0 Å². The van der Waals surface area contributed by atoms with E-state index in [2.05, 4.69) is 223 Å². The standard InChI is InChI=1S/C61H37NO2/c1-2-15-38(16-3-1)39-29-31-40(32-30-39)62(55-25-14-28-58-60(55)47-22-9-13-27-57(47)63-58)41-33-34-53-48(35-41)43-18-5-4-17-42(43)44-19-6-10-23-51(44)61(53)52-24-11-7-20-45(52)49-37-59-50(36-54(49)61)46-21-8-12-26-56(46)64-59/h1-37H. The molecule has 12 aromatic rings. The number of nitrogens with zero attached hydrogens (tertiary/aromatic N) is 1. The highest BCUT2D eigenvalue weighted by Crippen LogP contribution is 2.63. The van der Waals surface area contributed by atoms with Crippen molar-refractivity contribution in [1.82, 2.24) is 0 Å². The summed E-state index contributed by atoms with van der Waals surface area (Å²) in [6.45, 7) is 0. The van der Waals surface area contributed by atoms with Crippen molar-refractivity contribution in [2.45, 2.75) is 5.41 Å². The molecule has 2 aliphatic rings. The summed E-state index contributed by atoms with van der Waals surface area (Å²) in [6, 6.07) is 81.8. The Morgan fingerprint density at radius 2 is 0.828 bits per heavy atom. The summed E-state index contributed by atoms with van der Waals surface area (Å²) in [5, 5.41) is 4.43. The molecule has 0 saturated carbocycles. The van der Waals surface area contributed by atoms with Crippen LogP contribution in [0.25, 0.3) is 88.4 Å². The van der Waals surface area contributed by atoms with E-state index in [0.717, 1.165) is 60.9 Å². The van der Waals surface area contributed by atoms with Crippen LogP contribution in [-0.4, -0.2) is 0 Å². The molecule has 14 rings (SSSR count). The quantitative estimate of drug-likeness (QED) is 0.177. The summed E-state index contributed by atoms with van der Waals surface area (Å²) in [5.41, 5.74) is 20.8. The van der Waals surface area contributed by atoms with Gasteiger partial charge in [0, 0.05) is 27.5 Å². The van der Waals surface area contributed by atoms with Gasteiger partial charge in [-0.05, 0) is 127 Å². The third-order valence-electron chi connectivity index (χ3n) is 13.9. The van der Waals surface area contributed by atoms with Crippen LogP contribution in [-0.2, 0) is 5.41 Å². The molecule has 1 atom stereocenters. The number of fused-ring (bicyclic) bond motifs is 18. The Morgan fingerprint density at radius 3 is 1.59 bits per heavy atom. The van der Waals surface area contributed by atoms with E-state index >= 15 is 0 Å². The summed E-state index contributed by atoms with van der Waals surface area (Å²) in [4.78, 5) is 2.42. The molecule has 64 heavy (non-hydrogen) atoms. The lowest BCUT2D eigenvalue weighted by Gasteiger charge is -2.36. The monoisotopic (exact) mass is 815 g/mol. The van der Waals surface area contributed by atoms with Crippen molar-refractivity contribution in [3.63, 3.8) is 0 Å². The van der Waals surface area contributed by atoms with Gasteiger partial charge in [0.15, 0.2) is 0 Å². The minimum Gasteiger partial charge on any atom is -0.456 e. The molecule has 0 amide bonds. The van der Waals surface area contributed by atoms with E-state index in [1.54, 1.807) is 0 Å². The van der Waals surface area contributed by atoms with Gasteiger partial charge in [-0.15, -0.1) is 0 Å². The summed E-state index contributed by atoms with van der Waals surface area (Å²) in [5.74, 6) is 0. The molecule has 2 aliphatic carbocycles. The fraction of sp³-hybridized carbons (Fsp3) is 0.0164. The molecule has 0 bridgehead atoms. The van der Waals surface area contributed by atoms with Crippen LogP contribution in [0.5, 0.6) is 0 Å². The molecule has 10 aromatic carbocycles. The van der Waals surface area contributed by atoms with Gasteiger partial charge in [-0.25, -0.2) is 0 Å². The molecule has 0 fully saturated rings. The van der Waals surface area contributed by atoms with Gasteiger partial charge >= 0.3 is 0 Å². The smallest absolute Gasteiger partial charge is 0.137 e. The molecule has 0 radical (unpaired) electrons. The molecule has 298 valence electrons. The predicted molar refractivity (Wildman–Crippen MR) is 263 cm³/mol. The van der Waals surface area contributed by atoms with E-state index in [9.17, 15) is 0 Å². The molecule has 0 aliphatic heterocycles. The Balaban J connectivity index is 1.09. The molecule has 3 nitrogen and oxygen atoms in total. The van der Waals surface area contributed by atoms with E-state index in [-0.39, 0.29) is 0 Å². The molecule has 2 aromatic heterocycles. The minimum atomic E-state index is -0.648. The van der Waals surface area contributed by atoms with E-state index in [1.165, 1.54) is 66.8 Å². The average Bonchev–Trinajstić information content (AvgIpc) is 4.00. The Kier molecular flexibility index (Phi) is 7.32. The zero-order valence-electron chi connectivity index (χ0n) is 34.6. The van der Waals surface area contributed by atoms with E-state index in [4.69, 9.17) is 8.83 Å². The van der Waals surface area contributed by atoms with E-state index in [1.807, 2.05) is 6.07 Å². The van der Waals surface area contributed by atoms with Crippen molar-refractivity contribution in [3.05, 3.63) is 247 Å². The fourth-order valence-electron chi connectivity index (χ4n) is 11.2. The topological polar surface area (TPSA) is 29.5 Å². The van der Waals surface area contributed by atoms with Gasteiger partial charge in [0.2, 0.25) is 0 Å². The molecule has 1 unspecified atom stereocenters. The summed E-state index contributed by atoms with van der Waals surface area (Å²) in [7, 11) is 0. The Bertz CT molecular complexity index is 3860. The number of para-hydroxylation sites is 2. The zero-order chi connectivity index (χ0) is 41.9. The van der Waals surface area contributed by atoms with Crippen molar-refractivity contribution < 1.29 is 8.83 Å². The van der Waals surface area contributed by atoms with Crippen LogP contribution in [0.2, 0.25) is 0 Å². The van der Waals surface area contributed by atoms with Crippen LogP contribution >= 0.6 is 0 Å². The van der Waals surface area contributed by atoms with Gasteiger partial charge in [0.05, 0.1) is 16.5 Å². The normalized spacial score (nSPS) is 14.6. The van der Waals surface area contributed by atoms with Crippen molar-refractivity contribution >= 4 is 60.9 Å². The first kappa shape index (κ1) is 35.2. The second-order valence-corrected chi connectivity index (χ2v) is 17.1. The maximum atomic E-state index is 6.58. The first-order valence-corrected chi connectivity index (χ1v) is 22.0. The SMILES string of the molecule is c1ccc(-c2ccc(N(c3ccc4c(c3)-c3ccccc3-c3ccccc3C43c4ccccc4-c4cc5oc6ccccc6c5cc43)c3cccc4oc5ccccc5c34)cc2)cc1. The first-order chi connectivity index (χ1) is 31.7. The van der Waals surface area contributed by atoms with Crippen molar-refractivity contribution in [1.29, 1.82) is 0 Å². The van der Waals surface area contributed by atoms with Crippen LogP contribution in [0.3, 0.4) is 0 Å². The minimum absolute atomic E-state index is 0.648. The molecule has 2 heterocycles. The summed E-state index contributed by atoms with van der Waals surface area (Å²) < 4.78 is 13.1.